The summed E-state index contributed by atoms with van der Waals surface area (Å²) in [7, 11) is 0. The monoisotopic (exact) mass is 272 g/mol. The van der Waals surface area contributed by atoms with E-state index in [1.807, 2.05) is 0 Å². The smallest absolute Gasteiger partial charge is 0.335 e. The third kappa shape index (κ3) is 2.37. The molecule has 0 spiro atoms. The van der Waals surface area contributed by atoms with Gasteiger partial charge in [0.1, 0.15) is 0 Å². The van der Waals surface area contributed by atoms with Crippen LogP contribution in [-0.4, -0.2) is 24.3 Å². The standard InChI is InChI=1S/C10H9BrO4/c11-8-4-6(9(12)13)3-7(5-8)10-14-1-2-15-10/h3-5,10H,1-2H2,(H,12,13). The van der Waals surface area contributed by atoms with Gasteiger partial charge in [0.15, 0.2) is 6.29 Å². The Labute approximate surface area is 94.9 Å². The molecule has 0 bridgehead atoms. The fraction of sp³-hybridized carbons (Fsp3) is 0.300. The minimum absolute atomic E-state index is 0.221. The van der Waals surface area contributed by atoms with Gasteiger partial charge in [0.05, 0.1) is 18.8 Å². The molecule has 0 atom stereocenters. The fourth-order valence-electron chi connectivity index (χ4n) is 1.42. The molecule has 15 heavy (non-hydrogen) atoms. The number of hydrogen-bond donors (Lipinski definition) is 1. The predicted octanol–water partition coefficient (Wildman–Crippen LogP) is 2.19. The van der Waals surface area contributed by atoms with Gasteiger partial charge in [0, 0.05) is 10.0 Å². The van der Waals surface area contributed by atoms with Crippen LogP contribution in [0.15, 0.2) is 22.7 Å². The van der Waals surface area contributed by atoms with Crippen LogP contribution in [0.25, 0.3) is 0 Å². The maximum absolute atomic E-state index is 10.8. The lowest BCUT2D eigenvalue weighted by Gasteiger charge is -2.10. The topological polar surface area (TPSA) is 55.8 Å². The molecule has 0 aliphatic carbocycles. The third-order valence-electron chi connectivity index (χ3n) is 2.06. The molecule has 1 aliphatic rings. The second kappa shape index (κ2) is 4.30. The molecule has 0 radical (unpaired) electrons. The van der Waals surface area contributed by atoms with E-state index in [1.165, 1.54) is 0 Å². The summed E-state index contributed by atoms with van der Waals surface area (Å²) < 4.78 is 11.3. The van der Waals surface area contributed by atoms with Gasteiger partial charge >= 0.3 is 5.97 Å². The van der Waals surface area contributed by atoms with E-state index < -0.39 is 12.3 Å². The maximum atomic E-state index is 10.8. The molecule has 0 saturated carbocycles. The Balaban J connectivity index is 2.34. The van der Waals surface area contributed by atoms with E-state index in [4.69, 9.17) is 14.6 Å². The summed E-state index contributed by atoms with van der Waals surface area (Å²) in [5, 5.41) is 8.87. The van der Waals surface area contributed by atoms with E-state index in [0.717, 1.165) is 5.56 Å². The summed E-state index contributed by atoms with van der Waals surface area (Å²) in [6.07, 6.45) is -0.444. The molecule has 2 rings (SSSR count). The largest absolute Gasteiger partial charge is 0.478 e. The fourth-order valence-corrected chi connectivity index (χ4v) is 1.93. The van der Waals surface area contributed by atoms with Gasteiger partial charge in [-0.3, -0.25) is 0 Å². The summed E-state index contributed by atoms with van der Waals surface area (Å²) in [5.41, 5.74) is 0.942. The SMILES string of the molecule is O=C(O)c1cc(Br)cc(C2OCCO2)c1. The molecule has 0 amide bonds. The minimum atomic E-state index is -0.962. The lowest BCUT2D eigenvalue weighted by molar-refractivity contribution is -0.0441. The number of rotatable bonds is 2. The summed E-state index contributed by atoms with van der Waals surface area (Å²) in [6.45, 7) is 1.08. The summed E-state index contributed by atoms with van der Waals surface area (Å²) in [6, 6.07) is 4.90. The van der Waals surface area contributed by atoms with Crippen LogP contribution in [0.3, 0.4) is 0 Å². The molecule has 0 unspecified atom stereocenters. The molecule has 1 aromatic carbocycles. The Morgan fingerprint density at radius 2 is 2.00 bits per heavy atom. The number of aromatic carboxylic acids is 1. The number of hydrogen-bond acceptors (Lipinski definition) is 3. The van der Waals surface area contributed by atoms with E-state index >= 15 is 0 Å². The van der Waals surface area contributed by atoms with Crippen molar-refractivity contribution in [3.05, 3.63) is 33.8 Å². The Bertz CT molecular complexity index is 385. The number of carboxylic acids is 1. The molecule has 5 heteroatoms. The van der Waals surface area contributed by atoms with Crippen molar-refractivity contribution < 1.29 is 19.4 Å². The zero-order valence-corrected chi connectivity index (χ0v) is 9.36. The molecule has 1 fully saturated rings. The molecule has 80 valence electrons. The van der Waals surface area contributed by atoms with Gasteiger partial charge in [-0.15, -0.1) is 0 Å². The molecule has 1 aliphatic heterocycles. The zero-order chi connectivity index (χ0) is 10.8. The highest BCUT2D eigenvalue weighted by Crippen LogP contribution is 2.27. The van der Waals surface area contributed by atoms with Gasteiger partial charge in [-0.25, -0.2) is 4.79 Å². The maximum Gasteiger partial charge on any atom is 0.335 e. The van der Waals surface area contributed by atoms with Gasteiger partial charge in [-0.2, -0.15) is 0 Å². The average Bonchev–Trinajstić information content (AvgIpc) is 2.69. The highest BCUT2D eigenvalue weighted by molar-refractivity contribution is 9.10. The van der Waals surface area contributed by atoms with Crippen LogP contribution in [-0.2, 0) is 9.47 Å². The van der Waals surface area contributed by atoms with Gasteiger partial charge in [-0.05, 0) is 18.2 Å². The third-order valence-corrected chi connectivity index (χ3v) is 2.52. The second-order valence-corrected chi connectivity index (χ2v) is 4.07. The molecule has 4 nitrogen and oxygen atoms in total. The predicted molar refractivity (Wildman–Crippen MR) is 55.7 cm³/mol. The van der Waals surface area contributed by atoms with Gasteiger partial charge in [0.25, 0.3) is 0 Å². The Morgan fingerprint density at radius 1 is 1.33 bits per heavy atom. The normalized spacial score (nSPS) is 16.9. The van der Waals surface area contributed by atoms with Crippen molar-refractivity contribution in [1.29, 1.82) is 0 Å². The number of carbonyl (C=O) groups is 1. The van der Waals surface area contributed by atoms with Crippen LogP contribution in [0.2, 0.25) is 0 Å². The summed E-state index contributed by atoms with van der Waals surface area (Å²) >= 11 is 3.25. The summed E-state index contributed by atoms with van der Waals surface area (Å²) in [5.74, 6) is -0.962. The summed E-state index contributed by atoms with van der Waals surface area (Å²) in [4.78, 5) is 10.8. The molecule has 1 N–H and O–H groups in total. The van der Waals surface area contributed by atoms with Crippen LogP contribution >= 0.6 is 15.9 Å². The number of carboxylic acid groups (broad SMARTS) is 1. The Hall–Kier alpha value is -0.910. The lowest BCUT2D eigenvalue weighted by atomic mass is 10.1. The van der Waals surface area contributed by atoms with E-state index in [1.54, 1.807) is 18.2 Å². The van der Waals surface area contributed by atoms with E-state index in [0.29, 0.717) is 17.7 Å². The van der Waals surface area contributed by atoms with Crippen molar-refractivity contribution in [3.8, 4) is 0 Å². The lowest BCUT2D eigenvalue weighted by Crippen LogP contribution is -2.02. The molecular formula is C10H9BrO4. The van der Waals surface area contributed by atoms with Crippen molar-refractivity contribution in [2.24, 2.45) is 0 Å². The zero-order valence-electron chi connectivity index (χ0n) is 7.77. The number of halogens is 1. The minimum Gasteiger partial charge on any atom is -0.478 e. The Kier molecular flexibility index (Phi) is 3.04. The van der Waals surface area contributed by atoms with E-state index in [2.05, 4.69) is 15.9 Å². The first kappa shape index (κ1) is 10.6. The van der Waals surface area contributed by atoms with Crippen molar-refractivity contribution in [2.45, 2.75) is 6.29 Å². The van der Waals surface area contributed by atoms with Gasteiger partial charge in [-0.1, -0.05) is 15.9 Å². The van der Waals surface area contributed by atoms with Crippen LogP contribution < -0.4 is 0 Å². The van der Waals surface area contributed by atoms with E-state index in [-0.39, 0.29) is 5.56 Å². The number of ether oxygens (including phenoxy) is 2. The van der Waals surface area contributed by atoms with Crippen LogP contribution in [0, 0.1) is 0 Å². The van der Waals surface area contributed by atoms with Crippen LogP contribution in [0.1, 0.15) is 22.2 Å². The second-order valence-electron chi connectivity index (χ2n) is 3.15. The van der Waals surface area contributed by atoms with Crippen molar-refractivity contribution in [3.63, 3.8) is 0 Å². The first-order chi connectivity index (χ1) is 7.16. The Morgan fingerprint density at radius 3 is 2.60 bits per heavy atom. The quantitative estimate of drug-likeness (QED) is 0.897. The van der Waals surface area contributed by atoms with E-state index in [9.17, 15) is 4.79 Å². The van der Waals surface area contributed by atoms with Gasteiger partial charge < -0.3 is 14.6 Å². The highest BCUT2D eigenvalue weighted by Gasteiger charge is 2.20. The number of benzene rings is 1. The van der Waals surface area contributed by atoms with Crippen LogP contribution in [0.5, 0.6) is 0 Å². The van der Waals surface area contributed by atoms with Crippen molar-refractivity contribution in [2.75, 3.05) is 13.2 Å². The van der Waals surface area contributed by atoms with Gasteiger partial charge in [0.2, 0.25) is 0 Å². The highest BCUT2D eigenvalue weighted by atomic mass is 79.9. The molecule has 0 aromatic heterocycles. The van der Waals surface area contributed by atoms with Crippen LogP contribution in [0.4, 0.5) is 0 Å². The van der Waals surface area contributed by atoms with Crippen molar-refractivity contribution in [1.82, 2.24) is 0 Å². The average molecular weight is 273 g/mol. The molecule has 1 saturated heterocycles. The first-order valence-corrected chi connectivity index (χ1v) is 5.23. The molecule has 1 heterocycles. The van der Waals surface area contributed by atoms with Crippen molar-refractivity contribution >= 4 is 21.9 Å². The molecule has 1 aromatic rings. The first-order valence-electron chi connectivity index (χ1n) is 4.44. The molecular weight excluding hydrogens is 264 g/mol.